The van der Waals surface area contributed by atoms with Crippen molar-refractivity contribution in [2.24, 2.45) is 11.3 Å². The number of fused-ring (bicyclic) bond motifs is 1. The van der Waals surface area contributed by atoms with Crippen LogP contribution in [0.5, 0.6) is 0 Å². The zero-order valence-corrected chi connectivity index (χ0v) is 19.7. The number of rotatable bonds is 6. The molecule has 1 aromatic carbocycles. The summed E-state index contributed by atoms with van der Waals surface area (Å²) in [7, 11) is 0. The second-order valence-corrected chi connectivity index (χ2v) is 9.36. The second-order valence-electron chi connectivity index (χ2n) is 9.36. The number of amides is 2. The van der Waals surface area contributed by atoms with Crippen LogP contribution in [0.3, 0.4) is 0 Å². The van der Waals surface area contributed by atoms with Crippen LogP contribution in [0.15, 0.2) is 23.9 Å². The third-order valence-corrected chi connectivity index (χ3v) is 5.71. The first-order chi connectivity index (χ1) is 15.9. The molecule has 0 radical (unpaired) electrons. The van der Waals surface area contributed by atoms with Crippen molar-refractivity contribution >= 4 is 35.0 Å². The minimum Gasteiger partial charge on any atom is -0.427 e. The summed E-state index contributed by atoms with van der Waals surface area (Å²) in [6.45, 7) is 7.19. The number of β-lactam (4-membered cyclic amide) rings is 1. The maximum atomic E-state index is 13.0. The molecule has 34 heavy (non-hydrogen) atoms. The Morgan fingerprint density at radius 2 is 1.97 bits per heavy atom. The lowest BCUT2D eigenvalue weighted by Gasteiger charge is -2.44. The van der Waals surface area contributed by atoms with E-state index in [9.17, 15) is 29.5 Å². The fourth-order valence-corrected chi connectivity index (χ4v) is 4.06. The van der Waals surface area contributed by atoms with E-state index >= 15 is 0 Å². The molecule has 2 aliphatic heterocycles. The standard InChI is InChI=1S/C24H27N3O7/c1-12(28)19-18-9-16(14-6-7-17(26-13(2)29)15(8-14)10-25)20(27(18)21(19)30)22(31)33-11-34-23(32)24(3,4)5/h6-8,12,18-19,28H,9,11H2,1-5H3,(H,26,29)/t12-,18-,19-/m1/s1. The van der Waals surface area contributed by atoms with E-state index in [0.717, 1.165) is 0 Å². The van der Waals surface area contributed by atoms with Crippen LogP contribution in [0.2, 0.25) is 0 Å². The zero-order valence-electron chi connectivity index (χ0n) is 19.7. The number of hydrogen-bond acceptors (Lipinski definition) is 8. The molecule has 0 unspecified atom stereocenters. The lowest BCUT2D eigenvalue weighted by atomic mass is 9.82. The minimum atomic E-state index is -0.907. The van der Waals surface area contributed by atoms with Crippen LogP contribution in [-0.2, 0) is 28.7 Å². The fraction of sp³-hybridized carbons (Fsp3) is 0.458. The molecular weight excluding hydrogens is 442 g/mol. The number of carbonyl (C=O) groups is 4. The molecule has 0 saturated carbocycles. The van der Waals surface area contributed by atoms with Gasteiger partial charge in [0.05, 0.1) is 34.7 Å². The van der Waals surface area contributed by atoms with Gasteiger partial charge in [0.25, 0.3) is 0 Å². The summed E-state index contributed by atoms with van der Waals surface area (Å²) < 4.78 is 10.2. The van der Waals surface area contributed by atoms with Crippen molar-refractivity contribution < 1.29 is 33.8 Å². The number of nitrogens with one attached hydrogen (secondary N) is 1. The summed E-state index contributed by atoms with van der Waals surface area (Å²) in [6, 6.07) is 6.25. The molecule has 1 saturated heterocycles. The number of nitriles is 1. The highest BCUT2D eigenvalue weighted by molar-refractivity contribution is 6.07. The summed E-state index contributed by atoms with van der Waals surface area (Å²) in [4.78, 5) is 50.4. The van der Waals surface area contributed by atoms with E-state index < -0.39 is 48.1 Å². The van der Waals surface area contributed by atoms with Gasteiger partial charge in [-0.2, -0.15) is 5.26 Å². The van der Waals surface area contributed by atoms with Crippen molar-refractivity contribution in [1.82, 2.24) is 4.90 Å². The molecule has 0 aromatic heterocycles. The molecular formula is C24H27N3O7. The number of benzene rings is 1. The Morgan fingerprint density at radius 1 is 1.29 bits per heavy atom. The zero-order chi connectivity index (χ0) is 25.4. The number of aliphatic hydroxyl groups excluding tert-OH is 1. The van der Waals surface area contributed by atoms with Crippen molar-refractivity contribution in [3.63, 3.8) is 0 Å². The van der Waals surface area contributed by atoms with Crippen LogP contribution in [0.1, 0.15) is 52.2 Å². The van der Waals surface area contributed by atoms with Gasteiger partial charge in [0.15, 0.2) is 0 Å². The van der Waals surface area contributed by atoms with Crippen LogP contribution in [0.25, 0.3) is 5.57 Å². The first kappa shape index (κ1) is 24.9. The van der Waals surface area contributed by atoms with Crippen molar-refractivity contribution in [3.05, 3.63) is 35.0 Å². The first-order valence-corrected chi connectivity index (χ1v) is 10.8. The molecule has 1 fully saturated rings. The summed E-state index contributed by atoms with van der Waals surface area (Å²) >= 11 is 0. The normalized spacial score (nSPS) is 20.1. The van der Waals surface area contributed by atoms with Gasteiger partial charge < -0.3 is 24.8 Å². The maximum absolute atomic E-state index is 13.0. The summed E-state index contributed by atoms with van der Waals surface area (Å²) in [5, 5.41) is 22.1. The van der Waals surface area contributed by atoms with Crippen molar-refractivity contribution in [3.8, 4) is 6.07 Å². The van der Waals surface area contributed by atoms with Gasteiger partial charge in [0.1, 0.15) is 11.8 Å². The highest BCUT2D eigenvalue weighted by Gasteiger charge is 2.57. The first-order valence-electron chi connectivity index (χ1n) is 10.8. The number of hydrogen-bond donors (Lipinski definition) is 2. The van der Waals surface area contributed by atoms with Gasteiger partial charge in [0.2, 0.25) is 18.6 Å². The molecule has 2 heterocycles. The Labute approximate surface area is 197 Å². The van der Waals surface area contributed by atoms with Crippen LogP contribution in [-0.4, -0.2) is 52.7 Å². The minimum absolute atomic E-state index is 0.0186. The van der Waals surface area contributed by atoms with Crippen molar-refractivity contribution in [1.29, 1.82) is 5.26 Å². The lowest BCUT2D eigenvalue weighted by Crippen LogP contribution is -2.61. The van der Waals surface area contributed by atoms with Crippen LogP contribution < -0.4 is 5.32 Å². The smallest absolute Gasteiger partial charge is 0.358 e. The van der Waals surface area contributed by atoms with Crippen LogP contribution in [0, 0.1) is 22.7 Å². The predicted molar refractivity (Wildman–Crippen MR) is 119 cm³/mol. The van der Waals surface area contributed by atoms with Gasteiger partial charge in [-0.05, 0) is 57.4 Å². The maximum Gasteiger partial charge on any atom is 0.358 e. The van der Waals surface area contributed by atoms with Gasteiger partial charge in [-0.1, -0.05) is 6.07 Å². The quantitative estimate of drug-likeness (QED) is 0.365. The summed E-state index contributed by atoms with van der Waals surface area (Å²) in [5.41, 5.74) is 0.651. The average Bonchev–Trinajstić information content (AvgIpc) is 3.07. The highest BCUT2D eigenvalue weighted by atomic mass is 16.7. The van der Waals surface area contributed by atoms with E-state index in [-0.39, 0.29) is 23.6 Å². The van der Waals surface area contributed by atoms with Crippen molar-refractivity contribution in [2.75, 3.05) is 12.1 Å². The van der Waals surface area contributed by atoms with Gasteiger partial charge in [0, 0.05) is 6.92 Å². The SMILES string of the molecule is CC(=O)Nc1ccc(C2=C(C(=O)OCOC(=O)C(C)(C)C)N3C(=O)[C@H]([C@@H](C)O)[C@H]3C2)cc1C#N. The molecule has 10 nitrogen and oxygen atoms in total. The Kier molecular flexibility index (Phi) is 6.79. The van der Waals surface area contributed by atoms with E-state index in [1.807, 2.05) is 6.07 Å². The molecule has 2 N–H and O–H groups in total. The summed E-state index contributed by atoms with van der Waals surface area (Å²) in [5.74, 6) is -2.84. The van der Waals surface area contributed by atoms with Crippen molar-refractivity contribution in [2.45, 2.75) is 53.2 Å². The topological polar surface area (TPSA) is 146 Å². The Morgan fingerprint density at radius 3 is 2.53 bits per heavy atom. The molecule has 1 aromatic rings. The fourth-order valence-electron chi connectivity index (χ4n) is 4.06. The molecule has 3 rings (SSSR count). The predicted octanol–water partition coefficient (Wildman–Crippen LogP) is 1.93. The molecule has 180 valence electrons. The van der Waals surface area contributed by atoms with E-state index in [4.69, 9.17) is 9.47 Å². The number of ether oxygens (including phenoxy) is 2. The number of anilines is 1. The largest absolute Gasteiger partial charge is 0.427 e. The highest BCUT2D eigenvalue weighted by Crippen LogP contribution is 2.47. The number of aliphatic hydroxyl groups is 1. The van der Waals surface area contributed by atoms with E-state index in [1.54, 1.807) is 32.9 Å². The van der Waals surface area contributed by atoms with Gasteiger partial charge in [-0.15, -0.1) is 0 Å². The Bertz CT molecular complexity index is 1120. The Hall–Kier alpha value is -3.71. The van der Waals surface area contributed by atoms with Gasteiger partial charge in [-0.3, -0.25) is 14.4 Å². The van der Waals surface area contributed by atoms with E-state index in [1.165, 1.54) is 24.8 Å². The third-order valence-electron chi connectivity index (χ3n) is 5.71. The number of nitrogens with zero attached hydrogens (tertiary/aromatic N) is 2. The monoisotopic (exact) mass is 469 g/mol. The third kappa shape index (κ3) is 4.65. The molecule has 0 bridgehead atoms. The van der Waals surface area contributed by atoms with Gasteiger partial charge in [-0.25, -0.2) is 4.79 Å². The molecule has 3 atom stereocenters. The Balaban J connectivity index is 1.94. The average molecular weight is 469 g/mol. The molecule has 0 spiro atoms. The van der Waals surface area contributed by atoms with E-state index in [0.29, 0.717) is 16.8 Å². The number of esters is 2. The van der Waals surface area contributed by atoms with Crippen LogP contribution in [0.4, 0.5) is 5.69 Å². The molecule has 2 aliphatic rings. The summed E-state index contributed by atoms with van der Waals surface area (Å²) in [6.07, 6.45) is -0.646. The van der Waals surface area contributed by atoms with Gasteiger partial charge >= 0.3 is 11.9 Å². The molecule has 0 aliphatic carbocycles. The van der Waals surface area contributed by atoms with Crippen LogP contribution >= 0.6 is 0 Å². The number of carbonyl (C=O) groups excluding carboxylic acids is 4. The lowest BCUT2D eigenvalue weighted by molar-refractivity contribution is -0.175. The van der Waals surface area contributed by atoms with E-state index in [2.05, 4.69) is 5.32 Å². The second kappa shape index (κ2) is 9.27. The molecule has 10 heteroatoms. The molecule has 2 amide bonds.